The predicted molar refractivity (Wildman–Crippen MR) is 85.8 cm³/mol. The zero-order chi connectivity index (χ0) is 15.6. The summed E-state index contributed by atoms with van der Waals surface area (Å²) >= 11 is 0. The molecule has 4 N–H and O–H groups in total. The molecule has 118 valence electrons. The van der Waals surface area contributed by atoms with Crippen molar-refractivity contribution < 1.29 is 9.94 Å². The number of oxime groups is 1. The standard InChI is InChI=1S/C16H27N3O2/c1-16(2,15(17)19-20)10-6-7-11-18-12-13-21-14-8-4-3-5-9-14/h3-5,8-9,18,20H,6-7,10-13H2,1-2H3,(H2,17,19). The SMILES string of the molecule is CC(C)(CCCCNCCOc1ccccc1)/C(N)=N/O. The van der Waals surface area contributed by atoms with Crippen LogP contribution in [-0.4, -0.2) is 30.7 Å². The van der Waals surface area contributed by atoms with Gasteiger partial charge in [-0.1, -0.05) is 43.6 Å². The first-order valence-corrected chi connectivity index (χ1v) is 7.43. The van der Waals surface area contributed by atoms with E-state index >= 15 is 0 Å². The molecule has 1 rings (SSSR count). The highest BCUT2D eigenvalue weighted by atomic mass is 16.5. The van der Waals surface area contributed by atoms with Gasteiger partial charge in [0.05, 0.1) is 0 Å². The molecule has 0 aromatic heterocycles. The van der Waals surface area contributed by atoms with Crippen molar-refractivity contribution >= 4 is 5.84 Å². The molecule has 0 bridgehead atoms. The van der Waals surface area contributed by atoms with Crippen molar-refractivity contribution in [3.8, 4) is 5.75 Å². The number of hydrogen-bond acceptors (Lipinski definition) is 4. The van der Waals surface area contributed by atoms with Gasteiger partial charge in [0, 0.05) is 12.0 Å². The van der Waals surface area contributed by atoms with Crippen LogP contribution in [0.5, 0.6) is 5.75 Å². The molecule has 1 aromatic carbocycles. The maximum atomic E-state index is 8.70. The minimum absolute atomic E-state index is 0.245. The van der Waals surface area contributed by atoms with Crippen molar-refractivity contribution in [3.63, 3.8) is 0 Å². The lowest BCUT2D eigenvalue weighted by Gasteiger charge is -2.22. The summed E-state index contributed by atoms with van der Waals surface area (Å²) in [7, 11) is 0. The van der Waals surface area contributed by atoms with Gasteiger partial charge in [0.2, 0.25) is 0 Å². The van der Waals surface area contributed by atoms with E-state index in [1.807, 2.05) is 44.2 Å². The second kappa shape index (κ2) is 9.23. The Morgan fingerprint density at radius 1 is 1.24 bits per heavy atom. The quantitative estimate of drug-likeness (QED) is 0.204. The number of nitrogens with two attached hydrogens (primary N) is 1. The predicted octanol–water partition coefficient (Wildman–Crippen LogP) is 2.60. The number of nitrogens with zero attached hydrogens (tertiary/aromatic N) is 1. The number of para-hydroxylation sites is 1. The molecule has 0 saturated carbocycles. The van der Waals surface area contributed by atoms with Crippen molar-refractivity contribution in [3.05, 3.63) is 30.3 Å². The molecule has 21 heavy (non-hydrogen) atoms. The van der Waals surface area contributed by atoms with Crippen LogP contribution in [0.3, 0.4) is 0 Å². The lowest BCUT2D eigenvalue weighted by Crippen LogP contribution is -2.32. The molecule has 0 unspecified atom stereocenters. The van der Waals surface area contributed by atoms with Crippen molar-refractivity contribution in [2.45, 2.75) is 33.1 Å². The Hall–Kier alpha value is -1.75. The Morgan fingerprint density at radius 2 is 1.95 bits per heavy atom. The second-order valence-electron chi connectivity index (χ2n) is 5.74. The van der Waals surface area contributed by atoms with Crippen molar-refractivity contribution in [2.24, 2.45) is 16.3 Å². The van der Waals surface area contributed by atoms with Gasteiger partial charge in [-0.15, -0.1) is 0 Å². The van der Waals surface area contributed by atoms with Crippen LogP contribution < -0.4 is 15.8 Å². The number of rotatable bonds is 10. The molecule has 0 aliphatic rings. The maximum absolute atomic E-state index is 8.70. The fraction of sp³-hybridized carbons (Fsp3) is 0.562. The highest BCUT2D eigenvalue weighted by Gasteiger charge is 2.22. The van der Waals surface area contributed by atoms with E-state index in [1.54, 1.807) is 0 Å². The number of unbranched alkanes of at least 4 members (excludes halogenated alkanes) is 1. The van der Waals surface area contributed by atoms with Crippen LogP contribution in [-0.2, 0) is 0 Å². The van der Waals surface area contributed by atoms with E-state index in [2.05, 4.69) is 10.5 Å². The Morgan fingerprint density at radius 3 is 2.62 bits per heavy atom. The summed E-state index contributed by atoms with van der Waals surface area (Å²) in [6, 6.07) is 9.81. The molecule has 1 aromatic rings. The number of amidine groups is 1. The average Bonchev–Trinajstić information content (AvgIpc) is 2.50. The lowest BCUT2D eigenvalue weighted by atomic mass is 9.86. The van der Waals surface area contributed by atoms with Gasteiger partial charge < -0.3 is 21.0 Å². The van der Waals surface area contributed by atoms with E-state index in [4.69, 9.17) is 15.7 Å². The van der Waals surface area contributed by atoms with Crippen molar-refractivity contribution in [1.29, 1.82) is 0 Å². The summed E-state index contributed by atoms with van der Waals surface area (Å²) in [6.07, 6.45) is 3.01. The summed E-state index contributed by atoms with van der Waals surface area (Å²) in [4.78, 5) is 0. The number of nitrogens with one attached hydrogen (secondary N) is 1. The van der Waals surface area contributed by atoms with Crippen LogP contribution in [0, 0.1) is 5.41 Å². The molecule has 0 spiro atoms. The van der Waals surface area contributed by atoms with E-state index in [9.17, 15) is 0 Å². The third-order valence-corrected chi connectivity index (χ3v) is 3.50. The van der Waals surface area contributed by atoms with Gasteiger partial charge in [-0.25, -0.2) is 0 Å². The highest BCUT2D eigenvalue weighted by molar-refractivity contribution is 5.85. The van der Waals surface area contributed by atoms with Gasteiger partial charge in [0.1, 0.15) is 18.2 Å². The second-order valence-corrected chi connectivity index (χ2v) is 5.74. The third-order valence-electron chi connectivity index (χ3n) is 3.50. The first-order valence-electron chi connectivity index (χ1n) is 7.43. The zero-order valence-electron chi connectivity index (χ0n) is 13.0. The van der Waals surface area contributed by atoms with Gasteiger partial charge in [0.25, 0.3) is 0 Å². The molecule has 0 aliphatic heterocycles. The molecule has 0 fully saturated rings. The molecule has 0 saturated heterocycles. The maximum Gasteiger partial charge on any atom is 0.144 e. The zero-order valence-corrected chi connectivity index (χ0v) is 13.0. The van der Waals surface area contributed by atoms with E-state index in [0.29, 0.717) is 12.4 Å². The van der Waals surface area contributed by atoms with Crippen LogP contribution in [0.4, 0.5) is 0 Å². The van der Waals surface area contributed by atoms with E-state index in [1.165, 1.54) is 0 Å². The van der Waals surface area contributed by atoms with Crippen LogP contribution in [0.25, 0.3) is 0 Å². The van der Waals surface area contributed by atoms with E-state index in [0.717, 1.165) is 38.1 Å². The van der Waals surface area contributed by atoms with Gasteiger partial charge in [-0.3, -0.25) is 0 Å². The smallest absolute Gasteiger partial charge is 0.144 e. The molecule has 5 nitrogen and oxygen atoms in total. The number of ether oxygens (including phenoxy) is 1. The summed E-state index contributed by atoms with van der Waals surface area (Å²) < 4.78 is 5.59. The van der Waals surface area contributed by atoms with Gasteiger partial charge in [-0.2, -0.15) is 0 Å². The monoisotopic (exact) mass is 293 g/mol. The van der Waals surface area contributed by atoms with Crippen LogP contribution in [0.15, 0.2) is 35.5 Å². The summed E-state index contributed by atoms with van der Waals surface area (Å²) in [5, 5.41) is 15.1. The molecule has 0 atom stereocenters. The van der Waals surface area contributed by atoms with Crippen LogP contribution >= 0.6 is 0 Å². The van der Waals surface area contributed by atoms with Gasteiger partial charge in [-0.05, 0) is 31.5 Å². The largest absolute Gasteiger partial charge is 0.492 e. The first-order chi connectivity index (χ1) is 10.1. The Bertz CT molecular complexity index is 419. The normalized spacial score (nSPS) is 12.4. The topological polar surface area (TPSA) is 79.9 Å². The van der Waals surface area contributed by atoms with Gasteiger partial charge in [0.15, 0.2) is 0 Å². The Kier molecular flexibility index (Phi) is 7.61. The van der Waals surface area contributed by atoms with Gasteiger partial charge >= 0.3 is 0 Å². The lowest BCUT2D eigenvalue weighted by molar-refractivity contribution is 0.303. The number of hydrogen-bond donors (Lipinski definition) is 3. The Balaban J connectivity index is 2.00. The van der Waals surface area contributed by atoms with E-state index < -0.39 is 0 Å². The highest BCUT2D eigenvalue weighted by Crippen LogP contribution is 2.22. The summed E-state index contributed by atoms with van der Waals surface area (Å²) in [6.45, 7) is 6.43. The van der Waals surface area contributed by atoms with Crippen LogP contribution in [0.2, 0.25) is 0 Å². The molecular formula is C16H27N3O2. The third kappa shape index (κ3) is 6.99. The molecule has 0 heterocycles. The average molecular weight is 293 g/mol. The van der Waals surface area contributed by atoms with Crippen LogP contribution in [0.1, 0.15) is 33.1 Å². The minimum Gasteiger partial charge on any atom is -0.492 e. The van der Waals surface area contributed by atoms with Crippen molar-refractivity contribution in [1.82, 2.24) is 5.32 Å². The van der Waals surface area contributed by atoms with E-state index in [-0.39, 0.29) is 5.41 Å². The molecular weight excluding hydrogens is 266 g/mol. The Labute approximate surface area is 127 Å². The number of benzene rings is 1. The minimum atomic E-state index is -0.245. The summed E-state index contributed by atoms with van der Waals surface area (Å²) in [5.74, 6) is 1.20. The molecule has 0 aliphatic carbocycles. The van der Waals surface area contributed by atoms with Crippen molar-refractivity contribution in [2.75, 3.05) is 19.7 Å². The summed E-state index contributed by atoms with van der Waals surface area (Å²) in [5.41, 5.74) is 5.41. The first kappa shape index (κ1) is 17.3. The fourth-order valence-corrected chi connectivity index (χ4v) is 1.96. The molecule has 5 heteroatoms. The fourth-order valence-electron chi connectivity index (χ4n) is 1.96. The molecule has 0 amide bonds. The molecule has 0 radical (unpaired) electrons.